The third-order valence-electron chi connectivity index (χ3n) is 3.81. The van der Waals surface area contributed by atoms with Crippen LogP contribution in [0.25, 0.3) is 6.08 Å². The molecule has 0 aromatic carbocycles. The van der Waals surface area contributed by atoms with Gasteiger partial charge in [0.2, 0.25) is 0 Å². The van der Waals surface area contributed by atoms with Crippen LogP contribution in [-0.4, -0.2) is 29.1 Å². The lowest BCUT2D eigenvalue weighted by Crippen LogP contribution is -2.26. The number of nitrogens with zero attached hydrogens (tertiary/aromatic N) is 2. The number of aryl methyl sites for hydroxylation is 1. The molecule has 2 heterocycles. The predicted octanol–water partition coefficient (Wildman–Crippen LogP) is 3.11. The van der Waals surface area contributed by atoms with Crippen LogP contribution in [0.4, 0.5) is 5.82 Å². The summed E-state index contributed by atoms with van der Waals surface area (Å²) in [6.07, 6.45) is 8.18. The van der Waals surface area contributed by atoms with Gasteiger partial charge >= 0.3 is 5.97 Å². The van der Waals surface area contributed by atoms with Crippen molar-refractivity contribution in [3.63, 3.8) is 0 Å². The number of pyridine rings is 1. The van der Waals surface area contributed by atoms with Crippen molar-refractivity contribution in [2.45, 2.75) is 33.1 Å². The maximum atomic E-state index is 10.5. The summed E-state index contributed by atoms with van der Waals surface area (Å²) in [7, 11) is 0. The van der Waals surface area contributed by atoms with E-state index in [4.69, 9.17) is 5.11 Å². The van der Waals surface area contributed by atoms with Gasteiger partial charge in [0.1, 0.15) is 5.82 Å². The van der Waals surface area contributed by atoms with Gasteiger partial charge in [-0.25, -0.2) is 9.78 Å². The van der Waals surface area contributed by atoms with Gasteiger partial charge in [0.15, 0.2) is 0 Å². The third kappa shape index (κ3) is 3.83. The van der Waals surface area contributed by atoms with Crippen molar-refractivity contribution >= 4 is 17.9 Å². The van der Waals surface area contributed by atoms with E-state index in [9.17, 15) is 4.79 Å². The molecule has 1 fully saturated rings. The summed E-state index contributed by atoms with van der Waals surface area (Å²) in [5, 5.41) is 8.64. The fraction of sp³-hybridized carbons (Fsp3) is 0.500. The Morgan fingerprint density at radius 2 is 2.25 bits per heavy atom. The first-order valence-electron chi connectivity index (χ1n) is 7.19. The highest BCUT2D eigenvalue weighted by Gasteiger charge is 2.16. The molecule has 108 valence electrons. The normalized spacial score (nSPS) is 20.1. The van der Waals surface area contributed by atoms with Gasteiger partial charge in [-0.15, -0.1) is 0 Å². The number of aromatic nitrogens is 1. The molecule has 4 nitrogen and oxygen atoms in total. The summed E-state index contributed by atoms with van der Waals surface area (Å²) in [4.78, 5) is 17.4. The van der Waals surface area contributed by atoms with Crippen LogP contribution < -0.4 is 4.90 Å². The molecule has 2 rings (SSSR count). The van der Waals surface area contributed by atoms with E-state index < -0.39 is 5.97 Å². The summed E-state index contributed by atoms with van der Waals surface area (Å²) < 4.78 is 0. The summed E-state index contributed by atoms with van der Waals surface area (Å²) in [6, 6.07) is 2.00. The lowest BCUT2D eigenvalue weighted by Gasteiger charge is -2.23. The van der Waals surface area contributed by atoms with Crippen LogP contribution in [0.2, 0.25) is 0 Å². The Morgan fingerprint density at radius 3 is 2.95 bits per heavy atom. The average molecular weight is 274 g/mol. The lowest BCUT2D eigenvalue weighted by atomic mass is 10.0. The largest absolute Gasteiger partial charge is 0.478 e. The van der Waals surface area contributed by atoms with Gasteiger partial charge in [-0.1, -0.05) is 6.92 Å². The van der Waals surface area contributed by atoms with E-state index in [1.165, 1.54) is 19.3 Å². The Labute approximate surface area is 120 Å². The smallest absolute Gasteiger partial charge is 0.328 e. The van der Waals surface area contributed by atoms with Gasteiger partial charge in [-0.2, -0.15) is 0 Å². The fourth-order valence-electron chi connectivity index (χ4n) is 2.65. The highest BCUT2D eigenvalue weighted by Crippen LogP contribution is 2.24. The van der Waals surface area contributed by atoms with Crippen molar-refractivity contribution in [1.82, 2.24) is 4.98 Å². The Bertz CT molecular complexity index is 511. The highest BCUT2D eigenvalue weighted by atomic mass is 16.4. The van der Waals surface area contributed by atoms with E-state index in [-0.39, 0.29) is 0 Å². The molecule has 1 unspecified atom stereocenters. The summed E-state index contributed by atoms with van der Waals surface area (Å²) in [6.45, 7) is 6.46. The highest BCUT2D eigenvalue weighted by molar-refractivity contribution is 5.85. The van der Waals surface area contributed by atoms with Crippen LogP contribution in [-0.2, 0) is 4.79 Å². The maximum absolute atomic E-state index is 10.5. The Morgan fingerprint density at radius 1 is 1.45 bits per heavy atom. The first-order valence-corrected chi connectivity index (χ1v) is 7.19. The van der Waals surface area contributed by atoms with E-state index in [2.05, 4.69) is 16.8 Å². The molecular weight excluding hydrogens is 252 g/mol. The molecule has 1 atom stereocenters. The molecule has 20 heavy (non-hydrogen) atoms. The minimum absolute atomic E-state index is 0.790. The van der Waals surface area contributed by atoms with Crippen LogP contribution in [0.5, 0.6) is 0 Å². The van der Waals surface area contributed by atoms with Crippen molar-refractivity contribution in [3.8, 4) is 0 Å². The molecule has 0 radical (unpaired) electrons. The molecule has 4 heteroatoms. The third-order valence-corrected chi connectivity index (χ3v) is 3.81. The predicted molar refractivity (Wildman–Crippen MR) is 80.9 cm³/mol. The van der Waals surface area contributed by atoms with Gasteiger partial charge in [0.05, 0.1) is 0 Å². The van der Waals surface area contributed by atoms with Crippen molar-refractivity contribution < 1.29 is 9.90 Å². The van der Waals surface area contributed by atoms with Crippen LogP contribution in [0, 0.1) is 12.8 Å². The minimum atomic E-state index is -0.937. The number of aliphatic carboxylic acids is 1. The molecule has 1 aliphatic heterocycles. The Balaban J connectivity index is 2.14. The molecule has 1 N–H and O–H groups in total. The van der Waals surface area contributed by atoms with Crippen molar-refractivity contribution in [2.24, 2.45) is 5.92 Å². The number of anilines is 1. The van der Waals surface area contributed by atoms with Crippen LogP contribution in [0.3, 0.4) is 0 Å². The van der Waals surface area contributed by atoms with Crippen LogP contribution >= 0.6 is 0 Å². The van der Waals surface area contributed by atoms with Gasteiger partial charge < -0.3 is 10.0 Å². The fourth-order valence-corrected chi connectivity index (χ4v) is 2.65. The molecular formula is C16H22N2O2. The maximum Gasteiger partial charge on any atom is 0.328 e. The molecule has 1 aromatic rings. The summed E-state index contributed by atoms with van der Waals surface area (Å²) in [5.74, 6) is 0.887. The molecule has 1 saturated heterocycles. The molecule has 0 aliphatic carbocycles. The number of carboxylic acid groups (broad SMARTS) is 1. The topological polar surface area (TPSA) is 53.4 Å². The van der Waals surface area contributed by atoms with Gasteiger partial charge in [0, 0.05) is 25.4 Å². The standard InChI is InChI=1S/C16H22N2O2/c1-12-4-3-8-18(9-7-12)16-13(2)10-14(11-17-16)5-6-15(19)20/h5-6,10-12H,3-4,7-9H2,1-2H3,(H,19,20)/b6-5+. The first-order chi connectivity index (χ1) is 9.56. The van der Waals surface area contributed by atoms with Gasteiger partial charge in [-0.3, -0.25) is 0 Å². The molecule has 0 bridgehead atoms. The SMILES string of the molecule is Cc1cc(/C=C/C(=O)O)cnc1N1CCCC(C)CC1. The summed E-state index contributed by atoms with van der Waals surface area (Å²) >= 11 is 0. The molecule has 1 aliphatic rings. The Kier molecular flexibility index (Phi) is 4.77. The van der Waals surface area contributed by atoms with Crippen LogP contribution in [0.15, 0.2) is 18.3 Å². The second-order valence-electron chi connectivity index (χ2n) is 5.60. The van der Waals surface area contributed by atoms with Crippen LogP contribution in [0.1, 0.15) is 37.3 Å². The van der Waals surface area contributed by atoms with Gasteiger partial charge in [0.25, 0.3) is 0 Å². The quantitative estimate of drug-likeness (QED) is 0.860. The lowest BCUT2D eigenvalue weighted by molar-refractivity contribution is -0.131. The second kappa shape index (κ2) is 6.55. The number of hydrogen-bond donors (Lipinski definition) is 1. The van der Waals surface area contributed by atoms with E-state index in [1.807, 2.05) is 13.0 Å². The second-order valence-corrected chi connectivity index (χ2v) is 5.60. The zero-order valence-electron chi connectivity index (χ0n) is 12.2. The number of hydrogen-bond acceptors (Lipinski definition) is 3. The van der Waals surface area contributed by atoms with Crippen molar-refractivity contribution in [1.29, 1.82) is 0 Å². The molecule has 0 saturated carbocycles. The van der Waals surface area contributed by atoms with E-state index in [0.29, 0.717) is 0 Å². The molecule has 0 spiro atoms. The van der Waals surface area contributed by atoms with Gasteiger partial charge in [-0.05, 0) is 55.4 Å². The minimum Gasteiger partial charge on any atom is -0.478 e. The zero-order valence-corrected chi connectivity index (χ0v) is 12.2. The average Bonchev–Trinajstić information content (AvgIpc) is 2.61. The summed E-state index contributed by atoms with van der Waals surface area (Å²) in [5.41, 5.74) is 1.93. The Hall–Kier alpha value is -1.84. The van der Waals surface area contributed by atoms with E-state index in [0.717, 1.165) is 42.0 Å². The number of rotatable bonds is 3. The van der Waals surface area contributed by atoms with E-state index in [1.54, 1.807) is 12.3 Å². The monoisotopic (exact) mass is 274 g/mol. The van der Waals surface area contributed by atoms with Crippen molar-refractivity contribution in [3.05, 3.63) is 29.5 Å². The zero-order chi connectivity index (χ0) is 14.5. The number of carbonyl (C=O) groups is 1. The molecule has 0 amide bonds. The first kappa shape index (κ1) is 14.6. The van der Waals surface area contributed by atoms with Crippen molar-refractivity contribution in [2.75, 3.05) is 18.0 Å². The molecule has 1 aromatic heterocycles. The van der Waals surface area contributed by atoms with E-state index >= 15 is 0 Å². The number of carboxylic acids is 1.